The van der Waals surface area contributed by atoms with Crippen LogP contribution in [0.5, 0.6) is 0 Å². The van der Waals surface area contributed by atoms with Gasteiger partial charge in [0.1, 0.15) is 18.2 Å². The molecule has 0 unspecified atom stereocenters. The van der Waals surface area contributed by atoms with Crippen molar-refractivity contribution in [3.8, 4) is 11.1 Å². The normalized spacial score (nSPS) is 11.8. The first-order chi connectivity index (χ1) is 17.5. The van der Waals surface area contributed by atoms with Crippen LogP contribution in [0.3, 0.4) is 0 Å². The van der Waals surface area contributed by atoms with Crippen molar-refractivity contribution in [2.24, 2.45) is 0 Å². The second-order valence-electron chi connectivity index (χ2n) is 9.18. The van der Waals surface area contributed by atoms with Crippen LogP contribution in [0.2, 0.25) is 10.0 Å². The van der Waals surface area contributed by atoms with Gasteiger partial charge in [-0.2, -0.15) is 0 Å². The van der Waals surface area contributed by atoms with Crippen LogP contribution in [0.25, 0.3) is 11.1 Å². The number of hydrogen-bond donors (Lipinski definition) is 2. The molecule has 7 nitrogen and oxygen atoms in total. The maximum atomic E-state index is 13.2. The number of hydrogen-bond acceptors (Lipinski definition) is 5. The molecular weight excluding hydrogens is 515 g/mol. The number of esters is 1. The van der Waals surface area contributed by atoms with Gasteiger partial charge in [0.15, 0.2) is 0 Å². The fourth-order valence-electron chi connectivity index (χ4n) is 3.34. The molecule has 3 rings (SSSR count). The van der Waals surface area contributed by atoms with Gasteiger partial charge in [-0.1, -0.05) is 83.9 Å². The summed E-state index contributed by atoms with van der Waals surface area (Å²) < 4.78 is 10.6. The molecule has 0 saturated heterocycles. The highest BCUT2D eigenvalue weighted by Crippen LogP contribution is 2.31. The Bertz CT molecular complexity index is 1220. The molecule has 0 aliphatic heterocycles. The van der Waals surface area contributed by atoms with Crippen LogP contribution in [-0.2, 0) is 20.9 Å². The van der Waals surface area contributed by atoms with E-state index in [1.165, 1.54) is 0 Å². The third-order valence-electron chi connectivity index (χ3n) is 5.04. The van der Waals surface area contributed by atoms with Crippen LogP contribution in [0, 0.1) is 0 Å². The molecule has 2 amide bonds. The lowest BCUT2D eigenvalue weighted by Crippen LogP contribution is -2.49. The van der Waals surface area contributed by atoms with E-state index in [2.05, 4.69) is 10.6 Å². The largest absolute Gasteiger partial charge is 0.459 e. The maximum absolute atomic E-state index is 13.2. The number of alkyl carbamates (subject to hydrolysis) is 1. The highest BCUT2D eigenvalue weighted by Gasteiger charge is 2.27. The lowest BCUT2D eigenvalue weighted by Gasteiger charge is -2.22. The zero-order valence-corrected chi connectivity index (χ0v) is 22.2. The van der Waals surface area contributed by atoms with Gasteiger partial charge in [-0.05, 0) is 49.6 Å². The summed E-state index contributed by atoms with van der Waals surface area (Å²) in [5.74, 6) is -1.44. The first kappa shape index (κ1) is 28.0. The molecule has 37 heavy (non-hydrogen) atoms. The van der Waals surface area contributed by atoms with Crippen molar-refractivity contribution < 1.29 is 23.9 Å². The molecule has 3 aromatic rings. The average Bonchev–Trinajstić information content (AvgIpc) is 2.84. The highest BCUT2D eigenvalue weighted by molar-refractivity contribution is 6.40. The molecule has 194 valence electrons. The van der Waals surface area contributed by atoms with E-state index in [0.717, 1.165) is 16.7 Å². The zero-order valence-electron chi connectivity index (χ0n) is 20.7. The molecule has 0 heterocycles. The number of halogens is 2. The van der Waals surface area contributed by atoms with E-state index >= 15 is 0 Å². The lowest BCUT2D eigenvalue weighted by atomic mass is 10.0. The lowest BCUT2D eigenvalue weighted by molar-refractivity contribution is -0.147. The molecule has 9 heteroatoms. The molecule has 0 aliphatic carbocycles. The standard InChI is InChI=1S/C28H28Cl2N2O5/c1-28(2,3)37-27(35)31-16-23(26(34)36-17-18-10-6-4-7-11-18)32-25(33)24-21(29)14-20(15-22(24)30)19-12-8-5-9-13-19/h4-15,23H,16-17H2,1-3H3,(H,31,35)(H,32,33)/t23-/m0/s1. The number of nitrogens with one attached hydrogen (secondary N) is 2. The van der Waals surface area contributed by atoms with Crippen molar-refractivity contribution in [2.75, 3.05) is 6.54 Å². The van der Waals surface area contributed by atoms with Gasteiger partial charge >= 0.3 is 12.1 Å². The Morgan fingerprint density at radius 1 is 0.865 bits per heavy atom. The molecule has 0 aromatic heterocycles. The summed E-state index contributed by atoms with van der Waals surface area (Å²) in [7, 11) is 0. The van der Waals surface area contributed by atoms with Gasteiger partial charge in [-0.25, -0.2) is 9.59 Å². The summed E-state index contributed by atoms with van der Waals surface area (Å²) in [5, 5.41) is 5.29. The summed E-state index contributed by atoms with van der Waals surface area (Å²) in [6.07, 6.45) is -0.745. The number of amides is 2. The van der Waals surface area contributed by atoms with Crippen LogP contribution < -0.4 is 10.6 Å². The molecule has 0 radical (unpaired) electrons. The van der Waals surface area contributed by atoms with Gasteiger partial charge in [0.2, 0.25) is 0 Å². The number of benzene rings is 3. The first-order valence-corrected chi connectivity index (χ1v) is 12.3. The minimum atomic E-state index is -1.23. The molecule has 0 aliphatic rings. The van der Waals surface area contributed by atoms with Gasteiger partial charge in [0.25, 0.3) is 5.91 Å². The Kier molecular flexibility index (Phi) is 9.55. The Morgan fingerprint density at radius 2 is 1.43 bits per heavy atom. The Morgan fingerprint density at radius 3 is 2.00 bits per heavy atom. The van der Waals surface area contributed by atoms with Crippen molar-refractivity contribution in [2.45, 2.75) is 39.0 Å². The van der Waals surface area contributed by atoms with E-state index < -0.39 is 29.6 Å². The second kappa shape index (κ2) is 12.6. The quantitative estimate of drug-likeness (QED) is 0.339. The van der Waals surface area contributed by atoms with Crippen LogP contribution in [-0.4, -0.2) is 36.2 Å². The van der Waals surface area contributed by atoms with E-state index in [1.807, 2.05) is 48.5 Å². The van der Waals surface area contributed by atoms with Crippen molar-refractivity contribution >= 4 is 41.2 Å². The van der Waals surface area contributed by atoms with E-state index in [4.69, 9.17) is 32.7 Å². The van der Waals surface area contributed by atoms with Gasteiger partial charge in [0.05, 0.1) is 22.2 Å². The van der Waals surface area contributed by atoms with Gasteiger partial charge in [0, 0.05) is 0 Å². The van der Waals surface area contributed by atoms with Crippen molar-refractivity contribution in [3.63, 3.8) is 0 Å². The smallest absolute Gasteiger partial charge is 0.407 e. The van der Waals surface area contributed by atoms with Crippen LogP contribution >= 0.6 is 23.2 Å². The van der Waals surface area contributed by atoms with Crippen LogP contribution in [0.4, 0.5) is 4.79 Å². The number of ether oxygens (including phenoxy) is 2. The average molecular weight is 543 g/mol. The molecule has 0 saturated carbocycles. The van der Waals surface area contributed by atoms with Crippen LogP contribution in [0.15, 0.2) is 72.8 Å². The molecule has 0 bridgehead atoms. The summed E-state index contributed by atoms with van der Waals surface area (Å²) in [6.45, 7) is 4.85. The minimum absolute atomic E-state index is 0.00106. The number of rotatable bonds is 8. The Hall–Kier alpha value is -3.55. The summed E-state index contributed by atoms with van der Waals surface area (Å²) >= 11 is 12.9. The van der Waals surface area contributed by atoms with Crippen molar-refractivity contribution in [1.82, 2.24) is 10.6 Å². The number of carbonyl (C=O) groups excluding carboxylic acids is 3. The van der Waals surface area contributed by atoms with E-state index in [1.54, 1.807) is 45.0 Å². The predicted molar refractivity (Wildman–Crippen MR) is 144 cm³/mol. The fraction of sp³-hybridized carbons (Fsp3) is 0.250. The number of carbonyl (C=O) groups is 3. The third-order valence-corrected chi connectivity index (χ3v) is 5.64. The predicted octanol–water partition coefficient (Wildman–Crippen LogP) is 6.03. The summed E-state index contributed by atoms with van der Waals surface area (Å²) in [5.41, 5.74) is 1.64. The molecule has 2 N–H and O–H groups in total. The fourth-order valence-corrected chi connectivity index (χ4v) is 4.00. The Balaban J connectivity index is 1.77. The Labute approximate surface area is 226 Å². The minimum Gasteiger partial charge on any atom is -0.459 e. The monoisotopic (exact) mass is 542 g/mol. The first-order valence-electron chi connectivity index (χ1n) is 11.6. The molecular formula is C28H28Cl2N2O5. The summed E-state index contributed by atoms with van der Waals surface area (Å²) in [4.78, 5) is 38.2. The van der Waals surface area contributed by atoms with Crippen molar-refractivity contribution in [3.05, 3.63) is 94.0 Å². The van der Waals surface area contributed by atoms with E-state index in [9.17, 15) is 14.4 Å². The molecule has 3 aromatic carbocycles. The third kappa shape index (κ3) is 8.51. The molecule has 0 spiro atoms. The molecule has 1 atom stereocenters. The highest BCUT2D eigenvalue weighted by atomic mass is 35.5. The SMILES string of the molecule is CC(C)(C)OC(=O)NC[C@H](NC(=O)c1c(Cl)cc(-c2ccccc2)cc1Cl)C(=O)OCc1ccccc1. The van der Waals surface area contributed by atoms with E-state index in [0.29, 0.717) is 0 Å². The van der Waals surface area contributed by atoms with E-state index in [-0.39, 0.29) is 28.8 Å². The zero-order chi connectivity index (χ0) is 27.0. The second-order valence-corrected chi connectivity index (χ2v) is 10.00. The van der Waals surface area contributed by atoms with Crippen molar-refractivity contribution in [1.29, 1.82) is 0 Å². The van der Waals surface area contributed by atoms with Gasteiger partial charge in [-0.15, -0.1) is 0 Å². The van der Waals surface area contributed by atoms with Gasteiger partial charge < -0.3 is 20.1 Å². The van der Waals surface area contributed by atoms with Gasteiger partial charge in [-0.3, -0.25) is 4.79 Å². The summed E-state index contributed by atoms with van der Waals surface area (Å²) in [6, 6.07) is 20.5. The van der Waals surface area contributed by atoms with Crippen LogP contribution in [0.1, 0.15) is 36.7 Å². The molecule has 0 fully saturated rings. The maximum Gasteiger partial charge on any atom is 0.407 e. The topological polar surface area (TPSA) is 93.7 Å².